The zero-order valence-electron chi connectivity index (χ0n) is 10.2. The first-order chi connectivity index (χ1) is 8.33. The van der Waals surface area contributed by atoms with Crippen LogP contribution in [0.1, 0.15) is 24.1 Å². The SMILES string of the molecule is CNCC1CCCN1Cc1ccnc(C#N)c1. The van der Waals surface area contributed by atoms with Crippen molar-refractivity contribution in [3.05, 3.63) is 29.6 Å². The van der Waals surface area contributed by atoms with Crippen molar-refractivity contribution in [1.82, 2.24) is 15.2 Å². The Morgan fingerprint density at radius 1 is 1.65 bits per heavy atom. The standard InChI is InChI=1S/C13H18N4/c1-15-9-13-3-2-6-17(13)10-11-4-5-16-12(7-11)8-14/h4-5,7,13,15H,2-3,6,9-10H2,1H3. The van der Waals surface area contributed by atoms with Gasteiger partial charge in [0.2, 0.25) is 0 Å². The lowest BCUT2D eigenvalue weighted by atomic mass is 10.2. The van der Waals surface area contributed by atoms with Gasteiger partial charge in [0.25, 0.3) is 0 Å². The number of rotatable bonds is 4. The highest BCUT2D eigenvalue weighted by Crippen LogP contribution is 2.19. The largest absolute Gasteiger partial charge is 0.318 e. The quantitative estimate of drug-likeness (QED) is 0.842. The van der Waals surface area contributed by atoms with Gasteiger partial charge in [-0.25, -0.2) is 4.98 Å². The fraction of sp³-hybridized carbons (Fsp3) is 0.538. The number of nitrogens with one attached hydrogen (secondary N) is 1. The van der Waals surface area contributed by atoms with E-state index in [1.54, 1.807) is 6.20 Å². The highest BCUT2D eigenvalue weighted by molar-refractivity contribution is 5.25. The van der Waals surface area contributed by atoms with Crippen LogP contribution in [0.25, 0.3) is 0 Å². The molecule has 1 N–H and O–H groups in total. The van der Waals surface area contributed by atoms with Crippen molar-refractivity contribution in [3.63, 3.8) is 0 Å². The van der Waals surface area contributed by atoms with Gasteiger partial charge in [-0.1, -0.05) is 0 Å². The highest BCUT2D eigenvalue weighted by Gasteiger charge is 2.23. The van der Waals surface area contributed by atoms with Gasteiger partial charge >= 0.3 is 0 Å². The predicted molar refractivity (Wildman–Crippen MR) is 66.3 cm³/mol. The third-order valence-electron chi connectivity index (χ3n) is 3.26. The smallest absolute Gasteiger partial charge is 0.140 e. The maximum absolute atomic E-state index is 8.82. The molecule has 1 unspecified atom stereocenters. The Balaban J connectivity index is 2.02. The van der Waals surface area contributed by atoms with Gasteiger partial charge in [-0.15, -0.1) is 0 Å². The lowest BCUT2D eigenvalue weighted by Gasteiger charge is -2.24. The van der Waals surface area contributed by atoms with Crippen LogP contribution < -0.4 is 5.32 Å². The summed E-state index contributed by atoms with van der Waals surface area (Å²) in [6, 6.07) is 6.59. The molecule has 1 atom stereocenters. The molecule has 1 fully saturated rings. The molecule has 1 aromatic rings. The molecule has 0 radical (unpaired) electrons. The van der Waals surface area contributed by atoms with Crippen LogP contribution >= 0.6 is 0 Å². The van der Waals surface area contributed by atoms with Crippen LogP contribution in [0.5, 0.6) is 0 Å². The van der Waals surface area contributed by atoms with Gasteiger partial charge in [0, 0.05) is 25.3 Å². The minimum atomic E-state index is 0.506. The Morgan fingerprint density at radius 3 is 3.29 bits per heavy atom. The van der Waals surface area contributed by atoms with Crippen molar-refractivity contribution in [3.8, 4) is 6.07 Å². The molecule has 1 aromatic heterocycles. The molecule has 4 heteroatoms. The zero-order valence-corrected chi connectivity index (χ0v) is 10.2. The van der Waals surface area contributed by atoms with Crippen LogP contribution in [0.4, 0.5) is 0 Å². The second kappa shape index (κ2) is 5.76. The molecule has 0 saturated carbocycles. The second-order valence-corrected chi connectivity index (χ2v) is 4.49. The molecule has 0 amide bonds. The molecule has 0 bridgehead atoms. The van der Waals surface area contributed by atoms with Gasteiger partial charge in [-0.05, 0) is 44.1 Å². The van der Waals surface area contributed by atoms with E-state index in [1.807, 2.05) is 19.2 Å². The maximum Gasteiger partial charge on any atom is 0.140 e. The topological polar surface area (TPSA) is 52.0 Å². The number of hydrogen-bond acceptors (Lipinski definition) is 4. The van der Waals surface area contributed by atoms with E-state index >= 15 is 0 Å². The molecular formula is C13H18N4. The summed E-state index contributed by atoms with van der Waals surface area (Å²) >= 11 is 0. The molecule has 2 heterocycles. The first-order valence-corrected chi connectivity index (χ1v) is 6.07. The Hall–Kier alpha value is -1.44. The fourth-order valence-electron chi connectivity index (χ4n) is 2.44. The van der Waals surface area contributed by atoms with Crippen LogP contribution in [-0.4, -0.2) is 36.1 Å². The van der Waals surface area contributed by atoms with Crippen molar-refractivity contribution in [2.45, 2.75) is 25.4 Å². The van der Waals surface area contributed by atoms with E-state index in [2.05, 4.69) is 21.3 Å². The minimum absolute atomic E-state index is 0.506. The Bertz CT molecular complexity index is 410. The Labute approximate surface area is 102 Å². The van der Waals surface area contributed by atoms with E-state index in [0.717, 1.165) is 19.6 Å². The summed E-state index contributed by atoms with van der Waals surface area (Å²) in [5.41, 5.74) is 1.69. The molecule has 1 aliphatic heterocycles. The van der Waals surface area contributed by atoms with Gasteiger partial charge < -0.3 is 5.32 Å². The average molecular weight is 230 g/mol. The van der Waals surface area contributed by atoms with E-state index in [-0.39, 0.29) is 0 Å². The third kappa shape index (κ3) is 3.02. The molecule has 17 heavy (non-hydrogen) atoms. The Morgan fingerprint density at radius 2 is 2.53 bits per heavy atom. The van der Waals surface area contributed by atoms with Crippen LogP contribution in [-0.2, 0) is 6.54 Å². The van der Waals surface area contributed by atoms with E-state index in [9.17, 15) is 0 Å². The van der Waals surface area contributed by atoms with E-state index in [1.165, 1.54) is 18.4 Å². The Kier molecular flexibility index (Phi) is 4.08. The number of likely N-dealkylation sites (tertiary alicyclic amines) is 1. The maximum atomic E-state index is 8.82. The number of nitrogens with zero attached hydrogens (tertiary/aromatic N) is 3. The monoisotopic (exact) mass is 230 g/mol. The number of likely N-dealkylation sites (N-methyl/N-ethyl adjacent to an activating group) is 1. The molecule has 1 saturated heterocycles. The first kappa shape index (κ1) is 12.0. The number of hydrogen-bond donors (Lipinski definition) is 1. The van der Waals surface area contributed by atoms with Gasteiger partial charge in [0.15, 0.2) is 0 Å². The lowest BCUT2D eigenvalue weighted by Crippen LogP contribution is -2.36. The predicted octanol–water partition coefficient (Wildman–Crippen LogP) is 1.14. The lowest BCUT2D eigenvalue weighted by molar-refractivity contribution is 0.242. The highest BCUT2D eigenvalue weighted by atomic mass is 15.2. The molecule has 90 valence electrons. The summed E-state index contributed by atoms with van der Waals surface area (Å²) in [7, 11) is 2.00. The van der Waals surface area contributed by atoms with Crippen LogP contribution in [0.2, 0.25) is 0 Å². The van der Waals surface area contributed by atoms with E-state index in [4.69, 9.17) is 5.26 Å². The van der Waals surface area contributed by atoms with Crippen LogP contribution in [0, 0.1) is 11.3 Å². The molecule has 2 rings (SSSR count). The average Bonchev–Trinajstić information content (AvgIpc) is 2.78. The summed E-state index contributed by atoms with van der Waals surface area (Å²) in [4.78, 5) is 6.47. The van der Waals surface area contributed by atoms with Gasteiger partial charge in [0.05, 0.1) is 0 Å². The van der Waals surface area contributed by atoms with Crippen molar-refractivity contribution >= 4 is 0 Å². The summed E-state index contributed by atoms with van der Waals surface area (Å²) in [5, 5.41) is 12.1. The fourth-order valence-corrected chi connectivity index (χ4v) is 2.44. The molecular weight excluding hydrogens is 212 g/mol. The normalized spacial score (nSPS) is 20.4. The molecule has 0 spiro atoms. The molecule has 0 aliphatic carbocycles. The van der Waals surface area contributed by atoms with Crippen molar-refractivity contribution in [1.29, 1.82) is 5.26 Å². The van der Waals surface area contributed by atoms with Gasteiger partial charge in [-0.3, -0.25) is 4.90 Å². The second-order valence-electron chi connectivity index (χ2n) is 4.49. The molecule has 0 aromatic carbocycles. The summed E-state index contributed by atoms with van der Waals surface area (Å²) in [6.45, 7) is 3.11. The third-order valence-corrected chi connectivity index (χ3v) is 3.26. The summed E-state index contributed by atoms with van der Waals surface area (Å²) in [6.07, 6.45) is 4.25. The number of nitriles is 1. The van der Waals surface area contributed by atoms with Crippen LogP contribution in [0.15, 0.2) is 18.3 Å². The van der Waals surface area contributed by atoms with E-state index in [0.29, 0.717) is 11.7 Å². The first-order valence-electron chi connectivity index (χ1n) is 6.07. The molecule has 4 nitrogen and oxygen atoms in total. The van der Waals surface area contributed by atoms with Crippen molar-refractivity contribution < 1.29 is 0 Å². The van der Waals surface area contributed by atoms with Crippen LogP contribution in [0.3, 0.4) is 0 Å². The molecule has 1 aliphatic rings. The summed E-state index contributed by atoms with van der Waals surface area (Å²) < 4.78 is 0. The summed E-state index contributed by atoms with van der Waals surface area (Å²) in [5.74, 6) is 0. The van der Waals surface area contributed by atoms with Gasteiger partial charge in [-0.2, -0.15) is 5.26 Å². The minimum Gasteiger partial charge on any atom is -0.318 e. The number of aromatic nitrogens is 1. The van der Waals surface area contributed by atoms with Crippen molar-refractivity contribution in [2.24, 2.45) is 0 Å². The van der Waals surface area contributed by atoms with Gasteiger partial charge in [0.1, 0.15) is 11.8 Å². The number of pyridine rings is 1. The zero-order chi connectivity index (χ0) is 12.1. The van der Waals surface area contributed by atoms with Crippen molar-refractivity contribution in [2.75, 3.05) is 20.1 Å². The van der Waals surface area contributed by atoms with E-state index < -0.39 is 0 Å².